The second kappa shape index (κ2) is 7.59. The maximum atomic E-state index is 12.1. The number of hydrogen-bond donors (Lipinski definition) is 1. The van der Waals surface area contributed by atoms with Crippen molar-refractivity contribution in [3.8, 4) is 5.75 Å². The normalized spacial score (nSPS) is 11.2. The minimum atomic E-state index is -0.453. The SMILES string of the molecule is CCOc1ccc2oc(C(=O)N/N=C/c3ccc(Cl)c(Cl)c3)cc2c1. The number of hydrogen-bond acceptors (Lipinski definition) is 4. The molecule has 0 aliphatic rings. The molecule has 0 saturated heterocycles. The summed E-state index contributed by atoms with van der Waals surface area (Å²) in [7, 11) is 0. The molecule has 0 saturated carbocycles. The van der Waals surface area contributed by atoms with Gasteiger partial charge in [-0.1, -0.05) is 29.3 Å². The molecule has 0 aliphatic heterocycles. The molecular formula is C18H14Cl2N2O3. The van der Waals surface area contributed by atoms with Crippen molar-refractivity contribution in [1.29, 1.82) is 0 Å². The fourth-order valence-electron chi connectivity index (χ4n) is 2.20. The number of nitrogens with one attached hydrogen (secondary N) is 1. The highest BCUT2D eigenvalue weighted by Crippen LogP contribution is 2.24. The second-order valence-electron chi connectivity index (χ2n) is 5.12. The van der Waals surface area contributed by atoms with Gasteiger partial charge in [-0.2, -0.15) is 5.10 Å². The molecular weight excluding hydrogens is 363 g/mol. The van der Waals surface area contributed by atoms with Crippen LogP contribution in [-0.4, -0.2) is 18.7 Å². The fourth-order valence-corrected chi connectivity index (χ4v) is 2.51. The largest absolute Gasteiger partial charge is 0.494 e. The molecule has 5 nitrogen and oxygen atoms in total. The number of hydrazone groups is 1. The van der Waals surface area contributed by atoms with Crippen LogP contribution in [0.4, 0.5) is 0 Å². The second-order valence-corrected chi connectivity index (χ2v) is 5.93. The van der Waals surface area contributed by atoms with Crippen LogP contribution >= 0.6 is 23.2 Å². The van der Waals surface area contributed by atoms with Crippen molar-refractivity contribution in [2.24, 2.45) is 5.10 Å². The van der Waals surface area contributed by atoms with Gasteiger partial charge in [0.2, 0.25) is 0 Å². The van der Waals surface area contributed by atoms with E-state index >= 15 is 0 Å². The molecule has 1 N–H and O–H groups in total. The smallest absolute Gasteiger partial charge is 0.307 e. The molecule has 1 amide bonds. The third-order valence-electron chi connectivity index (χ3n) is 3.35. The van der Waals surface area contributed by atoms with Gasteiger partial charge in [0.1, 0.15) is 11.3 Å². The van der Waals surface area contributed by atoms with E-state index in [9.17, 15) is 4.79 Å². The van der Waals surface area contributed by atoms with Gasteiger partial charge in [0.05, 0.1) is 22.9 Å². The Labute approximate surface area is 154 Å². The van der Waals surface area contributed by atoms with Gasteiger partial charge >= 0.3 is 5.91 Å². The minimum Gasteiger partial charge on any atom is -0.494 e. The van der Waals surface area contributed by atoms with E-state index in [1.165, 1.54) is 6.21 Å². The predicted octanol–water partition coefficient (Wildman–Crippen LogP) is 4.90. The van der Waals surface area contributed by atoms with E-state index in [-0.39, 0.29) is 5.76 Å². The van der Waals surface area contributed by atoms with Crippen LogP contribution in [0, 0.1) is 0 Å². The van der Waals surface area contributed by atoms with Crippen LogP contribution in [0.25, 0.3) is 11.0 Å². The summed E-state index contributed by atoms with van der Waals surface area (Å²) in [5, 5.41) is 5.55. The van der Waals surface area contributed by atoms with Gasteiger partial charge in [0.15, 0.2) is 5.76 Å². The zero-order chi connectivity index (χ0) is 17.8. The van der Waals surface area contributed by atoms with Crippen LogP contribution in [0.1, 0.15) is 23.0 Å². The molecule has 0 radical (unpaired) electrons. The Morgan fingerprint density at radius 1 is 1.20 bits per heavy atom. The van der Waals surface area contributed by atoms with Crippen molar-refractivity contribution in [2.75, 3.05) is 6.61 Å². The number of halogens is 2. The standard InChI is InChI=1S/C18H14Cl2N2O3/c1-2-24-13-4-6-16-12(8-13)9-17(25-16)18(23)22-21-10-11-3-5-14(19)15(20)7-11/h3-10H,2H2,1H3,(H,22,23)/b21-10+. The maximum Gasteiger partial charge on any atom is 0.307 e. The highest BCUT2D eigenvalue weighted by Gasteiger charge is 2.12. The molecule has 3 aromatic rings. The van der Waals surface area contributed by atoms with Gasteiger partial charge in [-0.3, -0.25) is 4.79 Å². The van der Waals surface area contributed by atoms with Gasteiger partial charge in [0.25, 0.3) is 0 Å². The zero-order valence-electron chi connectivity index (χ0n) is 13.3. The number of carbonyl (C=O) groups is 1. The minimum absolute atomic E-state index is 0.162. The lowest BCUT2D eigenvalue weighted by Gasteiger charge is -2.00. The Hall–Kier alpha value is -2.50. The molecule has 0 aliphatic carbocycles. The summed E-state index contributed by atoms with van der Waals surface area (Å²) in [5.41, 5.74) is 3.72. The molecule has 128 valence electrons. The lowest BCUT2D eigenvalue weighted by molar-refractivity contribution is 0.0929. The molecule has 0 unspecified atom stereocenters. The van der Waals surface area contributed by atoms with Crippen molar-refractivity contribution >= 4 is 46.3 Å². The Morgan fingerprint density at radius 2 is 2.04 bits per heavy atom. The number of ether oxygens (including phenoxy) is 1. The number of amides is 1. The van der Waals surface area contributed by atoms with E-state index in [0.717, 1.165) is 11.1 Å². The van der Waals surface area contributed by atoms with E-state index in [0.29, 0.717) is 27.8 Å². The highest BCUT2D eigenvalue weighted by atomic mass is 35.5. The van der Waals surface area contributed by atoms with Gasteiger partial charge < -0.3 is 9.15 Å². The lowest BCUT2D eigenvalue weighted by Crippen LogP contribution is -2.16. The maximum absolute atomic E-state index is 12.1. The summed E-state index contributed by atoms with van der Waals surface area (Å²) < 4.78 is 11.0. The summed E-state index contributed by atoms with van der Waals surface area (Å²) in [4.78, 5) is 12.1. The first-order valence-corrected chi connectivity index (χ1v) is 8.27. The number of furan rings is 1. The summed E-state index contributed by atoms with van der Waals surface area (Å²) in [6.45, 7) is 2.48. The average molecular weight is 377 g/mol. The van der Waals surface area contributed by atoms with Crippen molar-refractivity contribution in [3.05, 3.63) is 63.8 Å². The van der Waals surface area contributed by atoms with Crippen molar-refractivity contribution in [3.63, 3.8) is 0 Å². The first-order valence-electron chi connectivity index (χ1n) is 7.51. The van der Waals surface area contributed by atoms with Crippen molar-refractivity contribution in [2.45, 2.75) is 6.92 Å². The highest BCUT2D eigenvalue weighted by molar-refractivity contribution is 6.42. The summed E-state index contributed by atoms with van der Waals surface area (Å²) in [5.74, 6) is 0.431. The van der Waals surface area contributed by atoms with Crippen LogP contribution < -0.4 is 10.2 Å². The Bertz CT molecular complexity index is 951. The molecule has 7 heteroatoms. The molecule has 0 atom stereocenters. The molecule has 1 aromatic heterocycles. The Morgan fingerprint density at radius 3 is 2.80 bits per heavy atom. The molecule has 0 fully saturated rings. The number of carbonyl (C=O) groups excluding carboxylic acids is 1. The number of benzene rings is 2. The monoisotopic (exact) mass is 376 g/mol. The fraction of sp³-hybridized carbons (Fsp3) is 0.111. The van der Waals surface area contributed by atoms with Gasteiger partial charge in [-0.05, 0) is 48.9 Å². The summed E-state index contributed by atoms with van der Waals surface area (Å²) in [6.07, 6.45) is 1.47. The number of nitrogens with zero attached hydrogens (tertiary/aromatic N) is 1. The first kappa shape index (κ1) is 17.3. The molecule has 0 bridgehead atoms. The van der Waals surface area contributed by atoms with E-state index in [2.05, 4.69) is 10.5 Å². The van der Waals surface area contributed by atoms with Crippen molar-refractivity contribution in [1.82, 2.24) is 5.43 Å². The van der Waals surface area contributed by atoms with Crippen LogP contribution in [0.2, 0.25) is 10.0 Å². The van der Waals surface area contributed by atoms with E-state index in [1.807, 2.05) is 13.0 Å². The van der Waals surface area contributed by atoms with E-state index in [1.54, 1.807) is 36.4 Å². The third kappa shape index (κ3) is 4.13. The Kier molecular flexibility index (Phi) is 5.26. The topological polar surface area (TPSA) is 63.8 Å². The third-order valence-corrected chi connectivity index (χ3v) is 4.08. The summed E-state index contributed by atoms with van der Waals surface area (Å²) >= 11 is 11.8. The van der Waals surface area contributed by atoms with E-state index < -0.39 is 5.91 Å². The van der Waals surface area contributed by atoms with Crippen LogP contribution in [0.5, 0.6) is 5.75 Å². The lowest BCUT2D eigenvalue weighted by atomic mass is 10.2. The number of rotatable bonds is 5. The summed E-state index contributed by atoms with van der Waals surface area (Å²) in [6, 6.07) is 12.0. The van der Waals surface area contributed by atoms with Gasteiger partial charge in [-0.25, -0.2) is 5.43 Å². The Balaban J connectivity index is 1.71. The molecule has 25 heavy (non-hydrogen) atoms. The average Bonchev–Trinajstić information content (AvgIpc) is 3.02. The molecule has 2 aromatic carbocycles. The predicted molar refractivity (Wildman–Crippen MR) is 98.9 cm³/mol. The van der Waals surface area contributed by atoms with Crippen LogP contribution in [0.15, 0.2) is 52.0 Å². The van der Waals surface area contributed by atoms with Crippen LogP contribution in [-0.2, 0) is 0 Å². The van der Waals surface area contributed by atoms with Gasteiger partial charge in [-0.15, -0.1) is 0 Å². The first-order chi connectivity index (χ1) is 12.1. The zero-order valence-corrected chi connectivity index (χ0v) is 14.8. The van der Waals surface area contributed by atoms with E-state index in [4.69, 9.17) is 32.4 Å². The molecule has 0 spiro atoms. The van der Waals surface area contributed by atoms with Crippen molar-refractivity contribution < 1.29 is 13.9 Å². The van der Waals surface area contributed by atoms with Gasteiger partial charge in [0, 0.05) is 5.39 Å². The molecule has 3 rings (SSSR count). The molecule has 1 heterocycles. The van der Waals surface area contributed by atoms with Crippen LogP contribution in [0.3, 0.4) is 0 Å². The number of fused-ring (bicyclic) bond motifs is 1. The quantitative estimate of drug-likeness (QED) is 0.508.